The molecule has 0 N–H and O–H groups in total. The van der Waals surface area contributed by atoms with Gasteiger partial charge in [0.15, 0.2) is 0 Å². The molecule has 0 heterocycles. The summed E-state index contributed by atoms with van der Waals surface area (Å²) in [6, 6.07) is 9.34. The number of hydrogen-bond donors (Lipinski definition) is 0. The Kier molecular flexibility index (Phi) is 8.23. The first-order chi connectivity index (χ1) is 12.2. The van der Waals surface area contributed by atoms with Gasteiger partial charge in [-0.3, -0.25) is 19.3 Å². The molecule has 0 aromatic heterocycles. The van der Waals surface area contributed by atoms with Gasteiger partial charge in [-0.2, -0.15) is 0 Å². The first-order valence-corrected chi connectivity index (χ1v) is 8.94. The topological polar surface area (TPSA) is 63.7 Å². The second-order valence-corrected chi connectivity index (χ2v) is 6.76. The number of hydrogen-bond acceptors (Lipinski definition) is 4. The normalized spacial score (nSPS) is 11.7. The van der Waals surface area contributed by atoms with Crippen LogP contribution in [0.3, 0.4) is 0 Å². The highest BCUT2D eigenvalue weighted by Crippen LogP contribution is 2.22. The lowest BCUT2D eigenvalue weighted by atomic mass is 9.94. The Bertz CT molecular complexity index is 673. The number of amides is 2. The molecular weight excluding hydrogens is 330 g/mol. The molecule has 26 heavy (non-hydrogen) atoms. The van der Waals surface area contributed by atoms with Crippen molar-refractivity contribution in [2.75, 3.05) is 6.61 Å². The van der Waals surface area contributed by atoms with Crippen LogP contribution >= 0.6 is 0 Å². The van der Waals surface area contributed by atoms with E-state index in [1.807, 2.05) is 30.3 Å². The van der Waals surface area contributed by atoms with E-state index in [9.17, 15) is 14.4 Å². The van der Waals surface area contributed by atoms with Gasteiger partial charge in [-0.15, -0.1) is 0 Å². The summed E-state index contributed by atoms with van der Waals surface area (Å²) in [6.45, 7) is 10.8. The fourth-order valence-corrected chi connectivity index (χ4v) is 2.69. The van der Waals surface area contributed by atoms with Gasteiger partial charge >= 0.3 is 5.97 Å². The van der Waals surface area contributed by atoms with E-state index < -0.39 is 17.8 Å². The minimum absolute atomic E-state index is 0.170. The maximum Gasteiger partial charge on any atom is 0.313 e. The molecule has 1 aromatic rings. The molecule has 0 saturated heterocycles. The number of ether oxygens (including phenoxy) is 1. The molecule has 1 atom stereocenters. The molecule has 0 aliphatic rings. The Morgan fingerprint density at radius 1 is 1.04 bits per heavy atom. The van der Waals surface area contributed by atoms with Gasteiger partial charge in [-0.25, -0.2) is 0 Å². The molecule has 5 nitrogen and oxygen atoms in total. The molecule has 0 radical (unpaired) electrons. The fraction of sp³-hybridized carbons (Fsp3) is 0.476. The van der Waals surface area contributed by atoms with E-state index in [0.29, 0.717) is 11.1 Å². The highest BCUT2D eigenvalue weighted by atomic mass is 16.5. The summed E-state index contributed by atoms with van der Waals surface area (Å²) in [5.74, 6) is -2.24. The van der Waals surface area contributed by atoms with Gasteiger partial charge in [-0.1, -0.05) is 49.8 Å². The molecule has 1 rings (SSSR count). The van der Waals surface area contributed by atoms with Gasteiger partial charge < -0.3 is 4.74 Å². The summed E-state index contributed by atoms with van der Waals surface area (Å²) < 4.78 is 5.06. The second kappa shape index (κ2) is 9.90. The highest BCUT2D eigenvalue weighted by Gasteiger charge is 2.32. The number of imide groups is 1. The SMILES string of the molecule is CCOC(=O)C(C)C(C(=O)N(Cc1ccccc1)C(=O)C(C)C)=C(C)C. The minimum Gasteiger partial charge on any atom is -0.466 e. The summed E-state index contributed by atoms with van der Waals surface area (Å²) in [7, 11) is 0. The second-order valence-electron chi connectivity index (χ2n) is 6.76. The molecule has 1 aromatic carbocycles. The van der Waals surface area contributed by atoms with Crippen LogP contribution in [0.2, 0.25) is 0 Å². The highest BCUT2D eigenvalue weighted by molar-refractivity contribution is 6.07. The Hall–Kier alpha value is -2.43. The molecule has 5 heteroatoms. The van der Waals surface area contributed by atoms with E-state index in [0.717, 1.165) is 5.56 Å². The lowest BCUT2D eigenvalue weighted by Crippen LogP contribution is -2.42. The summed E-state index contributed by atoms with van der Waals surface area (Å²) in [5, 5.41) is 0. The average molecular weight is 359 g/mol. The average Bonchev–Trinajstić information content (AvgIpc) is 2.59. The number of rotatable bonds is 7. The molecule has 0 aliphatic heterocycles. The van der Waals surface area contributed by atoms with E-state index in [1.54, 1.807) is 41.5 Å². The molecule has 0 bridgehead atoms. The number of nitrogens with zero attached hydrogens (tertiary/aromatic N) is 1. The fourth-order valence-electron chi connectivity index (χ4n) is 2.69. The van der Waals surface area contributed by atoms with Crippen molar-refractivity contribution >= 4 is 17.8 Å². The van der Waals surface area contributed by atoms with Crippen molar-refractivity contribution < 1.29 is 19.1 Å². The van der Waals surface area contributed by atoms with E-state index >= 15 is 0 Å². The molecule has 1 unspecified atom stereocenters. The van der Waals surface area contributed by atoms with Crippen LogP contribution in [-0.2, 0) is 25.7 Å². The summed E-state index contributed by atoms with van der Waals surface area (Å²) in [4.78, 5) is 39.3. The quantitative estimate of drug-likeness (QED) is 0.550. The maximum absolute atomic E-state index is 13.2. The summed E-state index contributed by atoms with van der Waals surface area (Å²) in [5.41, 5.74) is 1.87. The van der Waals surface area contributed by atoms with Crippen LogP contribution in [0.4, 0.5) is 0 Å². The van der Waals surface area contributed by atoms with Crippen molar-refractivity contribution in [3.8, 4) is 0 Å². The van der Waals surface area contributed by atoms with E-state index in [2.05, 4.69) is 0 Å². The van der Waals surface area contributed by atoms with Gasteiger partial charge in [0.1, 0.15) is 0 Å². The van der Waals surface area contributed by atoms with Crippen molar-refractivity contribution in [2.24, 2.45) is 11.8 Å². The van der Waals surface area contributed by atoms with Crippen LogP contribution in [0.25, 0.3) is 0 Å². The lowest BCUT2D eigenvalue weighted by Gasteiger charge is -2.26. The van der Waals surface area contributed by atoms with Crippen LogP contribution in [0, 0.1) is 11.8 Å². The Labute approximate surface area is 156 Å². The summed E-state index contributed by atoms with van der Waals surface area (Å²) >= 11 is 0. The lowest BCUT2D eigenvalue weighted by molar-refractivity contribution is -0.150. The molecule has 2 amide bonds. The van der Waals surface area contributed by atoms with Crippen LogP contribution in [-0.4, -0.2) is 29.3 Å². The first kappa shape index (κ1) is 21.6. The van der Waals surface area contributed by atoms with Crippen LogP contribution in [0.15, 0.2) is 41.5 Å². The van der Waals surface area contributed by atoms with Gasteiger partial charge in [0.25, 0.3) is 5.91 Å². The van der Waals surface area contributed by atoms with Crippen LogP contribution in [0.5, 0.6) is 0 Å². The van der Waals surface area contributed by atoms with E-state index in [-0.39, 0.29) is 25.0 Å². The zero-order valence-electron chi connectivity index (χ0n) is 16.5. The molecule has 0 saturated carbocycles. The van der Waals surface area contributed by atoms with Crippen molar-refractivity contribution in [1.29, 1.82) is 0 Å². The van der Waals surface area contributed by atoms with Crippen molar-refractivity contribution in [2.45, 2.75) is 48.1 Å². The first-order valence-electron chi connectivity index (χ1n) is 8.94. The van der Waals surface area contributed by atoms with Gasteiger partial charge in [0.05, 0.1) is 19.1 Å². The number of allylic oxidation sites excluding steroid dienone is 1. The van der Waals surface area contributed by atoms with Gasteiger partial charge in [0.2, 0.25) is 5.91 Å². The monoisotopic (exact) mass is 359 g/mol. The van der Waals surface area contributed by atoms with Crippen molar-refractivity contribution in [1.82, 2.24) is 4.90 Å². The van der Waals surface area contributed by atoms with E-state index in [4.69, 9.17) is 4.74 Å². The van der Waals surface area contributed by atoms with Crippen LogP contribution in [0.1, 0.15) is 47.1 Å². The number of carbonyl (C=O) groups excluding carboxylic acids is 3. The maximum atomic E-state index is 13.2. The number of esters is 1. The Morgan fingerprint density at radius 3 is 2.08 bits per heavy atom. The summed E-state index contributed by atoms with van der Waals surface area (Å²) in [6.07, 6.45) is 0. The Morgan fingerprint density at radius 2 is 1.62 bits per heavy atom. The predicted molar refractivity (Wildman–Crippen MR) is 101 cm³/mol. The number of carbonyl (C=O) groups is 3. The van der Waals surface area contributed by atoms with E-state index in [1.165, 1.54) is 4.90 Å². The molecule has 0 fully saturated rings. The third-order valence-corrected chi connectivity index (χ3v) is 4.03. The Balaban J connectivity index is 3.25. The van der Waals surface area contributed by atoms with Gasteiger partial charge in [0, 0.05) is 11.5 Å². The zero-order chi connectivity index (χ0) is 19.9. The smallest absolute Gasteiger partial charge is 0.313 e. The predicted octanol–water partition coefficient (Wildman–Crippen LogP) is 3.73. The molecule has 0 aliphatic carbocycles. The third-order valence-electron chi connectivity index (χ3n) is 4.03. The van der Waals surface area contributed by atoms with Crippen LogP contribution < -0.4 is 0 Å². The minimum atomic E-state index is -0.731. The van der Waals surface area contributed by atoms with Crippen molar-refractivity contribution in [3.05, 3.63) is 47.0 Å². The zero-order valence-corrected chi connectivity index (χ0v) is 16.5. The molecule has 142 valence electrons. The van der Waals surface area contributed by atoms with Gasteiger partial charge in [-0.05, 0) is 33.3 Å². The third kappa shape index (κ3) is 5.55. The molecular formula is C21H29NO4. The van der Waals surface area contributed by atoms with Crippen molar-refractivity contribution in [3.63, 3.8) is 0 Å². The number of benzene rings is 1. The largest absolute Gasteiger partial charge is 0.466 e. The standard InChI is InChI=1S/C21H29NO4/c1-7-26-21(25)16(6)18(14(2)3)20(24)22(19(23)15(4)5)13-17-11-9-8-10-12-17/h8-12,15-16H,7,13H2,1-6H3. The molecule has 0 spiro atoms.